The lowest BCUT2D eigenvalue weighted by Gasteiger charge is -2.21. The lowest BCUT2D eigenvalue weighted by Crippen LogP contribution is -2.22. The first-order valence-electron chi connectivity index (χ1n) is 5.82. The van der Waals surface area contributed by atoms with E-state index in [1.54, 1.807) is 0 Å². The molecule has 1 saturated heterocycles. The largest absolute Gasteiger partial charge is 0.353 e. The molecule has 0 aromatic heterocycles. The molecule has 0 radical (unpaired) electrons. The van der Waals surface area contributed by atoms with Crippen LogP contribution in [0.2, 0.25) is 5.02 Å². The SMILES string of the molecule is Clc1cccc(C#CCOC2CCCCO2)c1. The molecule has 1 unspecified atom stereocenters. The van der Waals surface area contributed by atoms with Crippen LogP contribution < -0.4 is 0 Å². The van der Waals surface area contributed by atoms with E-state index in [0.29, 0.717) is 11.6 Å². The van der Waals surface area contributed by atoms with Crippen LogP contribution in [-0.4, -0.2) is 19.5 Å². The van der Waals surface area contributed by atoms with E-state index in [4.69, 9.17) is 21.1 Å². The second kappa shape index (κ2) is 6.66. The summed E-state index contributed by atoms with van der Waals surface area (Å²) in [7, 11) is 0. The van der Waals surface area contributed by atoms with Crippen molar-refractivity contribution in [3.05, 3.63) is 34.9 Å². The zero-order valence-corrected chi connectivity index (χ0v) is 10.4. The summed E-state index contributed by atoms with van der Waals surface area (Å²) in [6.07, 6.45) is 3.21. The van der Waals surface area contributed by atoms with Crippen LogP contribution in [0, 0.1) is 11.8 Å². The van der Waals surface area contributed by atoms with Gasteiger partial charge in [0.25, 0.3) is 0 Å². The van der Waals surface area contributed by atoms with E-state index in [1.807, 2.05) is 24.3 Å². The van der Waals surface area contributed by atoms with Crippen molar-refractivity contribution in [1.82, 2.24) is 0 Å². The average molecular weight is 251 g/mol. The molecule has 1 heterocycles. The molecule has 0 amide bonds. The van der Waals surface area contributed by atoms with Crippen LogP contribution in [0.5, 0.6) is 0 Å². The number of ether oxygens (including phenoxy) is 2. The van der Waals surface area contributed by atoms with Crippen LogP contribution in [-0.2, 0) is 9.47 Å². The minimum Gasteiger partial charge on any atom is -0.353 e. The summed E-state index contributed by atoms with van der Waals surface area (Å²) < 4.78 is 10.9. The summed E-state index contributed by atoms with van der Waals surface area (Å²) in [4.78, 5) is 0. The molecule has 17 heavy (non-hydrogen) atoms. The Balaban J connectivity index is 1.78. The van der Waals surface area contributed by atoms with Gasteiger partial charge in [-0.1, -0.05) is 29.5 Å². The van der Waals surface area contributed by atoms with Gasteiger partial charge < -0.3 is 9.47 Å². The van der Waals surface area contributed by atoms with Crippen molar-refractivity contribution < 1.29 is 9.47 Å². The van der Waals surface area contributed by atoms with E-state index in [9.17, 15) is 0 Å². The Labute approximate surface area is 107 Å². The molecule has 1 aliphatic rings. The first-order chi connectivity index (χ1) is 8.34. The molecule has 0 bridgehead atoms. The molecule has 2 rings (SSSR count). The van der Waals surface area contributed by atoms with Gasteiger partial charge in [0.2, 0.25) is 0 Å². The topological polar surface area (TPSA) is 18.5 Å². The number of benzene rings is 1. The van der Waals surface area contributed by atoms with Crippen molar-refractivity contribution in [2.45, 2.75) is 25.6 Å². The van der Waals surface area contributed by atoms with E-state index < -0.39 is 0 Å². The molecule has 90 valence electrons. The minimum absolute atomic E-state index is 0.0718. The van der Waals surface area contributed by atoms with Crippen LogP contribution in [0.4, 0.5) is 0 Å². The summed E-state index contributed by atoms with van der Waals surface area (Å²) >= 11 is 5.86. The summed E-state index contributed by atoms with van der Waals surface area (Å²) in [5, 5.41) is 0.702. The van der Waals surface area contributed by atoms with Gasteiger partial charge in [-0.05, 0) is 37.5 Å². The Hall–Kier alpha value is -1.01. The molecule has 1 atom stereocenters. The normalized spacial score (nSPS) is 19.5. The van der Waals surface area contributed by atoms with Gasteiger partial charge in [0.1, 0.15) is 6.61 Å². The van der Waals surface area contributed by atoms with Gasteiger partial charge in [-0.25, -0.2) is 0 Å². The van der Waals surface area contributed by atoms with E-state index in [0.717, 1.165) is 25.0 Å². The van der Waals surface area contributed by atoms with Gasteiger partial charge in [-0.3, -0.25) is 0 Å². The zero-order valence-electron chi connectivity index (χ0n) is 9.62. The third kappa shape index (κ3) is 4.40. The van der Waals surface area contributed by atoms with Gasteiger partial charge in [0.15, 0.2) is 6.29 Å². The van der Waals surface area contributed by atoms with E-state index >= 15 is 0 Å². The standard InChI is InChI=1S/C14H15ClO2/c15-13-7-3-5-12(11-13)6-4-10-17-14-8-1-2-9-16-14/h3,5,7,11,14H,1-2,8-10H2. The number of hydrogen-bond acceptors (Lipinski definition) is 2. The second-order valence-electron chi connectivity index (χ2n) is 3.92. The van der Waals surface area contributed by atoms with Crippen LogP contribution in [0.1, 0.15) is 24.8 Å². The van der Waals surface area contributed by atoms with Crippen molar-refractivity contribution in [2.24, 2.45) is 0 Å². The van der Waals surface area contributed by atoms with E-state index in [1.165, 1.54) is 6.42 Å². The predicted octanol–water partition coefficient (Wildman–Crippen LogP) is 3.23. The van der Waals surface area contributed by atoms with Crippen molar-refractivity contribution in [3.8, 4) is 11.8 Å². The Morgan fingerprint density at radius 3 is 3.12 bits per heavy atom. The number of rotatable bonds is 2. The third-order valence-electron chi connectivity index (χ3n) is 2.54. The molecule has 0 aliphatic carbocycles. The van der Waals surface area contributed by atoms with Crippen LogP contribution >= 0.6 is 11.6 Å². The third-order valence-corrected chi connectivity index (χ3v) is 2.77. The number of hydrogen-bond donors (Lipinski definition) is 0. The molecule has 3 heteroatoms. The Morgan fingerprint density at radius 1 is 1.41 bits per heavy atom. The van der Waals surface area contributed by atoms with Gasteiger partial charge in [0, 0.05) is 17.2 Å². The fraction of sp³-hybridized carbons (Fsp3) is 0.429. The number of halogens is 1. The van der Waals surface area contributed by atoms with E-state index in [-0.39, 0.29) is 6.29 Å². The molecular weight excluding hydrogens is 236 g/mol. The monoisotopic (exact) mass is 250 g/mol. The molecule has 1 fully saturated rings. The lowest BCUT2D eigenvalue weighted by atomic mass is 10.2. The van der Waals surface area contributed by atoms with Gasteiger partial charge in [-0.2, -0.15) is 0 Å². The molecule has 1 aliphatic heterocycles. The van der Waals surface area contributed by atoms with Gasteiger partial charge in [-0.15, -0.1) is 0 Å². The van der Waals surface area contributed by atoms with Gasteiger partial charge >= 0.3 is 0 Å². The Bertz CT molecular complexity index is 414. The average Bonchev–Trinajstić information content (AvgIpc) is 2.36. The highest BCUT2D eigenvalue weighted by atomic mass is 35.5. The Kier molecular flexibility index (Phi) is 4.88. The lowest BCUT2D eigenvalue weighted by molar-refractivity contribution is -0.154. The highest BCUT2D eigenvalue weighted by molar-refractivity contribution is 6.30. The molecule has 0 N–H and O–H groups in total. The molecule has 1 aromatic rings. The van der Waals surface area contributed by atoms with Crippen LogP contribution in [0.15, 0.2) is 24.3 Å². The van der Waals surface area contributed by atoms with Crippen LogP contribution in [0.3, 0.4) is 0 Å². The molecular formula is C14H15ClO2. The molecule has 1 aromatic carbocycles. The molecule has 0 saturated carbocycles. The Morgan fingerprint density at radius 2 is 2.35 bits per heavy atom. The quantitative estimate of drug-likeness (QED) is 0.751. The second-order valence-corrected chi connectivity index (χ2v) is 4.36. The summed E-state index contributed by atoms with van der Waals surface area (Å²) in [5.41, 5.74) is 0.908. The first kappa shape index (κ1) is 12.4. The van der Waals surface area contributed by atoms with Crippen molar-refractivity contribution in [1.29, 1.82) is 0 Å². The molecule has 0 spiro atoms. The van der Waals surface area contributed by atoms with E-state index in [2.05, 4.69) is 11.8 Å². The molecule has 2 nitrogen and oxygen atoms in total. The zero-order chi connectivity index (χ0) is 11.9. The minimum atomic E-state index is -0.0718. The van der Waals surface area contributed by atoms with Crippen molar-refractivity contribution >= 4 is 11.6 Å². The van der Waals surface area contributed by atoms with Gasteiger partial charge in [0.05, 0.1) is 0 Å². The van der Waals surface area contributed by atoms with Crippen molar-refractivity contribution in [2.75, 3.05) is 13.2 Å². The summed E-state index contributed by atoms with van der Waals surface area (Å²) in [5.74, 6) is 5.98. The highest BCUT2D eigenvalue weighted by Gasteiger charge is 2.12. The first-order valence-corrected chi connectivity index (χ1v) is 6.20. The highest BCUT2D eigenvalue weighted by Crippen LogP contribution is 2.13. The maximum absolute atomic E-state index is 5.86. The summed E-state index contributed by atoms with van der Waals surface area (Å²) in [6.45, 7) is 1.20. The fourth-order valence-corrected chi connectivity index (χ4v) is 1.87. The smallest absolute Gasteiger partial charge is 0.158 e. The maximum Gasteiger partial charge on any atom is 0.158 e. The maximum atomic E-state index is 5.86. The van der Waals surface area contributed by atoms with Crippen molar-refractivity contribution in [3.63, 3.8) is 0 Å². The summed E-state index contributed by atoms with van der Waals surface area (Å²) in [6, 6.07) is 7.48. The fourth-order valence-electron chi connectivity index (χ4n) is 1.68. The predicted molar refractivity (Wildman–Crippen MR) is 67.9 cm³/mol. The van der Waals surface area contributed by atoms with Crippen LogP contribution in [0.25, 0.3) is 0 Å².